The number of nitrogens with zero attached hydrogens (tertiary/aromatic N) is 3. The van der Waals surface area contributed by atoms with E-state index in [9.17, 15) is 0 Å². The van der Waals surface area contributed by atoms with Crippen LogP contribution in [0.3, 0.4) is 0 Å². The first kappa shape index (κ1) is 31.7. The van der Waals surface area contributed by atoms with Crippen LogP contribution in [-0.4, -0.2) is 13.7 Å². The van der Waals surface area contributed by atoms with Gasteiger partial charge in [-0.05, 0) is 101 Å². The number of benzene rings is 9. The summed E-state index contributed by atoms with van der Waals surface area (Å²) >= 11 is 0. The maximum Gasteiger partial charge on any atom is 0.0641 e. The standard InChI is InChI=1S/C54H35N3/c1-4-15-36(16-5-1)37-17-14-22-42(33-37)57-51-31-28-39(38-27-30-50-46(34-38)43-23-10-12-25-48(43)55(50)40-18-6-2-7-19-40)35-47(51)44-29-32-52-53(54(44)57)45-24-11-13-26-49(45)56(52)41-20-8-3-9-21-41/h1-35H. The summed E-state index contributed by atoms with van der Waals surface area (Å²) in [5.74, 6) is 0. The summed E-state index contributed by atoms with van der Waals surface area (Å²) in [6, 6.07) is 77.4. The number of fused-ring (bicyclic) bond motifs is 10. The van der Waals surface area contributed by atoms with Crippen molar-refractivity contribution >= 4 is 65.4 Å². The van der Waals surface area contributed by atoms with Crippen LogP contribution in [0.4, 0.5) is 0 Å². The zero-order valence-electron chi connectivity index (χ0n) is 31.0. The Labute approximate surface area is 329 Å². The van der Waals surface area contributed by atoms with E-state index in [4.69, 9.17) is 0 Å². The molecular formula is C54H35N3. The minimum Gasteiger partial charge on any atom is -0.309 e. The molecule has 0 spiro atoms. The molecule has 0 unspecified atom stereocenters. The van der Waals surface area contributed by atoms with Crippen molar-refractivity contribution in [3.8, 4) is 39.3 Å². The molecule has 0 aliphatic carbocycles. The van der Waals surface area contributed by atoms with Crippen LogP contribution in [0.5, 0.6) is 0 Å². The van der Waals surface area contributed by atoms with Crippen molar-refractivity contribution in [2.24, 2.45) is 0 Å². The first-order valence-corrected chi connectivity index (χ1v) is 19.6. The first-order chi connectivity index (χ1) is 28.3. The number of hydrogen-bond acceptors (Lipinski definition) is 0. The van der Waals surface area contributed by atoms with E-state index in [0.717, 1.165) is 11.4 Å². The Kier molecular flexibility index (Phi) is 6.93. The van der Waals surface area contributed by atoms with Gasteiger partial charge in [-0.1, -0.05) is 133 Å². The molecule has 0 bridgehead atoms. The van der Waals surface area contributed by atoms with Gasteiger partial charge in [0.1, 0.15) is 0 Å². The van der Waals surface area contributed by atoms with Gasteiger partial charge in [0.15, 0.2) is 0 Å². The quantitative estimate of drug-likeness (QED) is 0.168. The zero-order valence-corrected chi connectivity index (χ0v) is 31.0. The third-order valence-electron chi connectivity index (χ3n) is 11.8. The smallest absolute Gasteiger partial charge is 0.0641 e. The molecule has 0 fully saturated rings. The summed E-state index contributed by atoms with van der Waals surface area (Å²) < 4.78 is 7.30. The van der Waals surface area contributed by atoms with E-state index in [0.29, 0.717) is 0 Å². The molecule has 9 aromatic carbocycles. The number of para-hydroxylation sites is 4. The van der Waals surface area contributed by atoms with Crippen LogP contribution in [0.1, 0.15) is 0 Å². The second-order valence-electron chi connectivity index (χ2n) is 14.9. The maximum atomic E-state index is 2.50. The van der Waals surface area contributed by atoms with Gasteiger partial charge >= 0.3 is 0 Å². The van der Waals surface area contributed by atoms with E-state index in [1.165, 1.54) is 93.4 Å². The van der Waals surface area contributed by atoms with Crippen molar-refractivity contribution in [1.29, 1.82) is 0 Å². The Bertz CT molecular complexity index is 3500. The fraction of sp³-hybridized carbons (Fsp3) is 0. The van der Waals surface area contributed by atoms with Crippen molar-refractivity contribution in [2.75, 3.05) is 0 Å². The Hall–Kier alpha value is -7.62. The maximum absolute atomic E-state index is 2.50. The van der Waals surface area contributed by atoms with Crippen molar-refractivity contribution in [2.45, 2.75) is 0 Å². The van der Waals surface area contributed by atoms with Crippen molar-refractivity contribution in [1.82, 2.24) is 13.7 Å². The van der Waals surface area contributed by atoms with Crippen LogP contribution in [0.15, 0.2) is 212 Å². The zero-order chi connectivity index (χ0) is 37.5. The summed E-state index contributed by atoms with van der Waals surface area (Å²) in [5.41, 5.74) is 15.5. The van der Waals surface area contributed by atoms with E-state index in [1.807, 2.05) is 0 Å². The van der Waals surface area contributed by atoms with Gasteiger partial charge in [0.25, 0.3) is 0 Å². The Morgan fingerprint density at radius 1 is 0.228 bits per heavy atom. The van der Waals surface area contributed by atoms with Gasteiger partial charge in [-0.3, -0.25) is 0 Å². The van der Waals surface area contributed by atoms with Gasteiger partial charge in [0, 0.05) is 49.4 Å². The van der Waals surface area contributed by atoms with Crippen molar-refractivity contribution < 1.29 is 0 Å². The molecule has 0 atom stereocenters. The molecule has 12 rings (SSSR count). The summed E-state index contributed by atoms with van der Waals surface area (Å²) in [5, 5.41) is 7.48. The summed E-state index contributed by atoms with van der Waals surface area (Å²) in [4.78, 5) is 0. The van der Waals surface area contributed by atoms with E-state index < -0.39 is 0 Å². The Morgan fingerprint density at radius 2 is 0.684 bits per heavy atom. The van der Waals surface area contributed by atoms with Crippen LogP contribution in [0.25, 0.3) is 105 Å². The van der Waals surface area contributed by atoms with Crippen LogP contribution < -0.4 is 0 Å². The fourth-order valence-corrected chi connectivity index (χ4v) is 9.32. The number of hydrogen-bond donors (Lipinski definition) is 0. The monoisotopic (exact) mass is 725 g/mol. The molecule has 3 heteroatoms. The van der Waals surface area contributed by atoms with Crippen LogP contribution in [-0.2, 0) is 0 Å². The van der Waals surface area contributed by atoms with Gasteiger partial charge < -0.3 is 13.7 Å². The van der Waals surface area contributed by atoms with Crippen LogP contribution in [0.2, 0.25) is 0 Å². The predicted molar refractivity (Wildman–Crippen MR) is 240 cm³/mol. The highest BCUT2D eigenvalue weighted by atomic mass is 15.0. The highest BCUT2D eigenvalue weighted by molar-refractivity contribution is 6.26. The Morgan fingerprint density at radius 3 is 1.37 bits per heavy atom. The molecule has 0 aliphatic rings. The average molecular weight is 726 g/mol. The highest BCUT2D eigenvalue weighted by Gasteiger charge is 2.22. The first-order valence-electron chi connectivity index (χ1n) is 19.6. The van der Waals surface area contributed by atoms with Crippen molar-refractivity contribution in [3.63, 3.8) is 0 Å². The fourth-order valence-electron chi connectivity index (χ4n) is 9.32. The van der Waals surface area contributed by atoms with Gasteiger partial charge in [-0.15, -0.1) is 0 Å². The topological polar surface area (TPSA) is 14.8 Å². The number of rotatable bonds is 5. The molecule has 0 amide bonds. The molecule has 0 saturated carbocycles. The van der Waals surface area contributed by atoms with Gasteiger partial charge in [-0.25, -0.2) is 0 Å². The van der Waals surface area contributed by atoms with E-state index in [-0.39, 0.29) is 0 Å². The van der Waals surface area contributed by atoms with Crippen molar-refractivity contribution in [3.05, 3.63) is 212 Å². The second kappa shape index (κ2) is 12.5. The molecule has 12 aromatic rings. The lowest BCUT2D eigenvalue weighted by Gasteiger charge is -2.12. The molecule has 3 nitrogen and oxygen atoms in total. The summed E-state index contributed by atoms with van der Waals surface area (Å²) in [6.45, 7) is 0. The highest BCUT2D eigenvalue weighted by Crippen LogP contribution is 2.44. The third kappa shape index (κ3) is 4.79. The molecule has 57 heavy (non-hydrogen) atoms. The minimum atomic E-state index is 1.14. The summed E-state index contributed by atoms with van der Waals surface area (Å²) in [7, 11) is 0. The average Bonchev–Trinajstić information content (AvgIpc) is 3.92. The minimum absolute atomic E-state index is 1.14. The van der Waals surface area contributed by atoms with E-state index in [2.05, 4.69) is 226 Å². The van der Waals surface area contributed by atoms with E-state index in [1.54, 1.807) is 0 Å². The molecule has 0 saturated heterocycles. The molecular weight excluding hydrogens is 691 g/mol. The van der Waals surface area contributed by atoms with E-state index >= 15 is 0 Å². The van der Waals surface area contributed by atoms with Crippen LogP contribution >= 0.6 is 0 Å². The lowest BCUT2D eigenvalue weighted by atomic mass is 10.00. The summed E-state index contributed by atoms with van der Waals surface area (Å²) in [6.07, 6.45) is 0. The van der Waals surface area contributed by atoms with Gasteiger partial charge in [0.2, 0.25) is 0 Å². The Balaban J connectivity index is 1.14. The predicted octanol–water partition coefficient (Wildman–Crippen LogP) is 14.3. The lowest BCUT2D eigenvalue weighted by Crippen LogP contribution is -1.96. The third-order valence-corrected chi connectivity index (χ3v) is 11.8. The van der Waals surface area contributed by atoms with Gasteiger partial charge in [-0.2, -0.15) is 0 Å². The van der Waals surface area contributed by atoms with Gasteiger partial charge in [0.05, 0.1) is 33.1 Å². The molecule has 0 radical (unpaired) electrons. The normalized spacial score (nSPS) is 11.9. The lowest BCUT2D eigenvalue weighted by molar-refractivity contribution is 1.17. The second-order valence-corrected chi connectivity index (χ2v) is 14.9. The molecule has 266 valence electrons. The van der Waals surface area contributed by atoms with Crippen LogP contribution in [0, 0.1) is 0 Å². The largest absolute Gasteiger partial charge is 0.309 e. The molecule has 0 N–H and O–H groups in total. The molecule has 3 aromatic heterocycles. The molecule has 0 aliphatic heterocycles. The number of aromatic nitrogens is 3. The molecule has 3 heterocycles. The SMILES string of the molecule is c1ccc(-c2cccc(-n3c4ccc(-c5ccc6c(c5)c5ccccc5n6-c5ccccc5)cc4c4ccc5c(c6ccccc6n5-c5ccccc5)c43)c2)cc1.